The van der Waals surface area contributed by atoms with Crippen molar-refractivity contribution in [3.8, 4) is 0 Å². The molecule has 9 heteroatoms. The van der Waals surface area contributed by atoms with Crippen molar-refractivity contribution in [3.63, 3.8) is 0 Å². The minimum absolute atomic E-state index is 0.137. The second-order valence-electron chi connectivity index (χ2n) is 6.06. The van der Waals surface area contributed by atoms with Gasteiger partial charge in [0.2, 0.25) is 11.1 Å². The number of hydrogen-bond acceptors (Lipinski definition) is 5. The van der Waals surface area contributed by atoms with E-state index in [1.807, 2.05) is 31.2 Å². The van der Waals surface area contributed by atoms with Crippen LogP contribution >= 0.6 is 35.0 Å². The molecule has 0 spiro atoms. The molecule has 2 heterocycles. The van der Waals surface area contributed by atoms with E-state index >= 15 is 0 Å². The van der Waals surface area contributed by atoms with Gasteiger partial charge in [-0.3, -0.25) is 4.79 Å². The molecule has 1 aromatic heterocycles. The summed E-state index contributed by atoms with van der Waals surface area (Å²) in [4.78, 5) is 13.0. The predicted molar refractivity (Wildman–Crippen MR) is 108 cm³/mol. The fraction of sp³-hybridized carbons (Fsp3) is 0.167. The fourth-order valence-electron chi connectivity index (χ4n) is 2.83. The Morgan fingerprint density at radius 1 is 1.07 bits per heavy atom. The standard InChI is InChI=1S/C18H15Cl2N5OS/c1-10-22-23-18-25(10)24-15(11-2-4-12(19)5-3-11)16(27-18)17(26)21-14-8-6-13(20)7-9-14/h2-9,15-16,24H,1H3,(H,21,26). The van der Waals surface area contributed by atoms with Crippen molar-refractivity contribution < 1.29 is 4.79 Å². The molecule has 3 aromatic rings. The van der Waals surface area contributed by atoms with Crippen molar-refractivity contribution in [2.75, 3.05) is 10.7 Å². The highest BCUT2D eigenvalue weighted by Gasteiger charge is 2.37. The summed E-state index contributed by atoms with van der Waals surface area (Å²) in [5.74, 6) is 0.592. The first-order valence-electron chi connectivity index (χ1n) is 8.18. The second kappa shape index (κ2) is 7.42. The van der Waals surface area contributed by atoms with Crippen LogP contribution in [0.1, 0.15) is 17.4 Å². The van der Waals surface area contributed by atoms with E-state index in [4.69, 9.17) is 23.2 Å². The lowest BCUT2D eigenvalue weighted by molar-refractivity contribution is -0.116. The van der Waals surface area contributed by atoms with Crippen molar-refractivity contribution in [2.45, 2.75) is 23.4 Å². The molecule has 0 bridgehead atoms. The zero-order valence-corrected chi connectivity index (χ0v) is 16.5. The van der Waals surface area contributed by atoms with Crippen molar-refractivity contribution in [1.82, 2.24) is 14.9 Å². The average Bonchev–Trinajstić information content (AvgIpc) is 3.03. The zero-order valence-electron chi connectivity index (χ0n) is 14.2. The van der Waals surface area contributed by atoms with Gasteiger partial charge in [-0.1, -0.05) is 47.1 Å². The summed E-state index contributed by atoms with van der Waals surface area (Å²) in [6, 6.07) is 14.2. The van der Waals surface area contributed by atoms with Gasteiger partial charge in [-0.2, -0.15) is 0 Å². The Balaban J connectivity index is 1.65. The van der Waals surface area contributed by atoms with Gasteiger partial charge in [-0.15, -0.1) is 10.2 Å². The molecule has 0 saturated carbocycles. The minimum atomic E-state index is -0.446. The van der Waals surface area contributed by atoms with Crippen LogP contribution in [0.4, 0.5) is 5.69 Å². The third-order valence-corrected chi connectivity index (χ3v) is 5.92. The zero-order chi connectivity index (χ0) is 19.0. The Morgan fingerprint density at radius 2 is 1.70 bits per heavy atom. The van der Waals surface area contributed by atoms with Crippen LogP contribution in [0.2, 0.25) is 10.0 Å². The van der Waals surface area contributed by atoms with Crippen molar-refractivity contribution in [2.24, 2.45) is 0 Å². The summed E-state index contributed by atoms with van der Waals surface area (Å²) < 4.78 is 1.80. The van der Waals surface area contributed by atoms with Crippen LogP contribution < -0.4 is 10.7 Å². The number of carbonyl (C=O) groups is 1. The van der Waals surface area contributed by atoms with E-state index in [0.29, 0.717) is 20.9 Å². The van der Waals surface area contributed by atoms with E-state index in [9.17, 15) is 4.79 Å². The molecule has 2 unspecified atom stereocenters. The lowest BCUT2D eigenvalue weighted by atomic mass is 10.0. The summed E-state index contributed by atoms with van der Waals surface area (Å²) >= 11 is 13.3. The number of benzene rings is 2. The maximum atomic E-state index is 13.0. The van der Waals surface area contributed by atoms with Crippen LogP contribution in [0, 0.1) is 6.92 Å². The Hall–Kier alpha value is -2.22. The van der Waals surface area contributed by atoms with Crippen LogP contribution in [0.15, 0.2) is 53.7 Å². The molecule has 1 aliphatic heterocycles. The van der Waals surface area contributed by atoms with Crippen LogP contribution in [0.5, 0.6) is 0 Å². The van der Waals surface area contributed by atoms with Gasteiger partial charge in [0.05, 0.1) is 6.04 Å². The highest BCUT2D eigenvalue weighted by Crippen LogP contribution is 2.37. The molecule has 0 saturated heterocycles. The van der Waals surface area contributed by atoms with Gasteiger partial charge in [-0.05, 0) is 48.9 Å². The maximum absolute atomic E-state index is 13.0. The lowest BCUT2D eigenvalue weighted by Crippen LogP contribution is -2.41. The SMILES string of the molecule is Cc1nnc2n1NC(c1ccc(Cl)cc1)C(C(=O)Nc1ccc(Cl)cc1)S2. The second-order valence-corrected chi connectivity index (χ2v) is 8.04. The number of anilines is 1. The quantitative estimate of drug-likeness (QED) is 0.662. The van der Waals surface area contributed by atoms with Crippen LogP contribution in [-0.2, 0) is 4.79 Å². The van der Waals surface area contributed by atoms with Crippen molar-refractivity contribution in [1.29, 1.82) is 0 Å². The molecule has 2 aromatic carbocycles. The molecule has 138 valence electrons. The molecule has 1 aliphatic rings. The molecule has 4 rings (SSSR count). The number of fused-ring (bicyclic) bond motifs is 1. The van der Waals surface area contributed by atoms with Gasteiger partial charge in [0, 0.05) is 15.7 Å². The Kier molecular flexibility index (Phi) is 4.99. The molecular weight excluding hydrogens is 405 g/mol. The molecule has 2 atom stereocenters. The normalized spacial score (nSPS) is 18.5. The van der Waals surface area contributed by atoms with Gasteiger partial charge in [-0.25, -0.2) is 4.68 Å². The Morgan fingerprint density at radius 3 is 2.37 bits per heavy atom. The maximum Gasteiger partial charge on any atom is 0.240 e. The number of nitrogens with zero attached hydrogens (tertiary/aromatic N) is 3. The first-order chi connectivity index (χ1) is 13.0. The lowest BCUT2D eigenvalue weighted by Gasteiger charge is -2.32. The smallest absolute Gasteiger partial charge is 0.240 e. The van der Waals surface area contributed by atoms with E-state index in [2.05, 4.69) is 20.9 Å². The molecule has 27 heavy (non-hydrogen) atoms. The van der Waals surface area contributed by atoms with E-state index < -0.39 is 5.25 Å². The summed E-state index contributed by atoms with van der Waals surface area (Å²) in [5, 5.41) is 12.6. The molecule has 2 N–H and O–H groups in total. The number of amides is 1. The largest absolute Gasteiger partial charge is 0.325 e. The number of thioether (sulfide) groups is 1. The number of nitrogens with one attached hydrogen (secondary N) is 2. The van der Waals surface area contributed by atoms with E-state index in [1.54, 1.807) is 28.9 Å². The Bertz CT molecular complexity index is 974. The van der Waals surface area contributed by atoms with Gasteiger partial charge in [0.15, 0.2) is 0 Å². The first kappa shape index (κ1) is 18.2. The third kappa shape index (κ3) is 3.76. The molecule has 6 nitrogen and oxygen atoms in total. The highest BCUT2D eigenvalue weighted by molar-refractivity contribution is 8.00. The number of hydrogen-bond donors (Lipinski definition) is 2. The van der Waals surface area contributed by atoms with Gasteiger partial charge >= 0.3 is 0 Å². The van der Waals surface area contributed by atoms with Gasteiger partial charge in [0.1, 0.15) is 11.1 Å². The summed E-state index contributed by atoms with van der Waals surface area (Å²) in [6.07, 6.45) is 0. The van der Waals surface area contributed by atoms with Crippen LogP contribution in [0.3, 0.4) is 0 Å². The van der Waals surface area contributed by atoms with Crippen LogP contribution in [0.25, 0.3) is 0 Å². The monoisotopic (exact) mass is 419 g/mol. The third-order valence-electron chi connectivity index (χ3n) is 4.20. The van der Waals surface area contributed by atoms with Crippen LogP contribution in [-0.4, -0.2) is 26.0 Å². The van der Waals surface area contributed by atoms with Crippen molar-refractivity contribution >= 4 is 46.6 Å². The highest BCUT2D eigenvalue weighted by atomic mass is 35.5. The van der Waals surface area contributed by atoms with Gasteiger partial charge < -0.3 is 10.7 Å². The molecule has 0 fully saturated rings. The van der Waals surface area contributed by atoms with E-state index in [-0.39, 0.29) is 11.9 Å². The summed E-state index contributed by atoms with van der Waals surface area (Å²) in [5.41, 5.74) is 4.98. The molecule has 0 aliphatic carbocycles. The first-order valence-corrected chi connectivity index (χ1v) is 9.82. The average molecular weight is 420 g/mol. The Labute approximate surface area is 170 Å². The molecule has 1 amide bonds. The number of rotatable bonds is 3. The topological polar surface area (TPSA) is 71.8 Å². The van der Waals surface area contributed by atoms with Crippen molar-refractivity contribution in [3.05, 3.63) is 70.0 Å². The molecular formula is C18H15Cl2N5OS. The number of carbonyl (C=O) groups excluding carboxylic acids is 1. The minimum Gasteiger partial charge on any atom is -0.325 e. The predicted octanol–water partition coefficient (Wildman–Crippen LogP) is 4.29. The van der Waals surface area contributed by atoms with E-state index in [0.717, 1.165) is 11.4 Å². The van der Waals surface area contributed by atoms with E-state index in [1.165, 1.54) is 11.8 Å². The number of aryl methyl sites for hydroxylation is 1. The number of halogens is 2. The number of aromatic nitrogens is 3. The fourth-order valence-corrected chi connectivity index (χ4v) is 4.20. The summed E-state index contributed by atoms with van der Waals surface area (Å²) in [6.45, 7) is 1.86. The summed E-state index contributed by atoms with van der Waals surface area (Å²) in [7, 11) is 0. The molecule has 0 radical (unpaired) electrons. The van der Waals surface area contributed by atoms with Gasteiger partial charge in [0.25, 0.3) is 0 Å².